The van der Waals surface area contributed by atoms with Gasteiger partial charge in [-0.2, -0.15) is 0 Å². The molecule has 0 heterocycles. The fourth-order valence-electron chi connectivity index (χ4n) is 0.973. The molecule has 0 bridgehead atoms. The summed E-state index contributed by atoms with van der Waals surface area (Å²) in [6, 6.07) is 3.98. The molecular weight excluding hydrogens is 207 g/mol. The van der Waals surface area contributed by atoms with Crippen LogP contribution in [0.4, 0.5) is 4.39 Å². The SMILES string of the molecule is COc1ccc(C(=O)/C=C/Cl)cc1F. The van der Waals surface area contributed by atoms with Crippen molar-refractivity contribution in [2.45, 2.75) is 0 Å². The van der Waals surface area contributed by atoms with E-state index in [1.54, 1.807) is 0 Å². The predicted octanol–water partition coefficient (Wildman–Crippen LogP) is 2.77. The van der Waals surface area contributed by atoms with E-state index in [9.17, 15) is 9.18 Å². The lowest BCUT2D eigenvalue weighted by Gasteiger charge is -2.02. The normalized spacial score (nSPS) is 10.5. The van der Waals surface area contributed by atoms with Crippen molar-refractivity contribution in [3.05, 3.63) is 41.2 Å². The summed E-state index contributed by atoms with van der Waals surface area (Å²) in [4.78, 5) is 11.2. The molecule has 0 fully saturated rings. The van der Waals surface area contributed by atoms with Crippen LogP contribution in [-0.2, 0) is 0 Å². The summed E-state index contributed by atoms with van der Waals surface area (Å²) in [5.41, 5.74) is 1.32. The Balaban J connectivity index is 3.02. The van der Waals surface area contributed by atoms with E-state index in [2.05, 4.69) is 0 Å². The molecular formula is C10H8ClFO2. The van der Waals surface area contributed by atoms with E-state index in [-0.39, 0.29) is 17.1 Å². The molecule has 0 unspecified atom stereocenters. The van der Waals surface area contributed by atoms with E-state index in [0.717, 1.165) is 17.7 Å². The Kier molecular flexibility index (Phi) is 3.65. The van der Waals surface area contributed by atoms with Crippen molar-refractivity contribution in [2.24, 2.45) is 0 Å². The average molecular weight is 215 g/mol. The highest BCUT2D eigenvalue weighted by atomic mass is 35.5. The molecule has 0 aliphatic heterocycles. The number of allylic oxidation sites excluding steroid dienone is 1. The molecule has 0 aromatic heterocycles. The third-order valence-electron chi connectivity index (χ3n) is 1.65. The molecule has 0 amide bonds. The topological polar surface area (TPSA) is 26.3 Å². The zero-order chi connectivity index (χ0) is 10.6. The molecule has 4 heteroatoms. The number of carbonyl (C=O) groups is 1. The zero-order valence-corrected chi connectivity index (χ0v) is 8.22. The molecule has 0 aliphatic carbocycles. The average Bonchev–Trinajstić information content (AvgIpc) is 2.18. The fraction of sp³-hybridized carbons (Fsp3) is 0.100. The lowest BCUT2D eigenvalue weighted by molar-refractivity contribution is 0.104. The largest absolute Gasteiger partial charge is 0.494 e. The monoisotopic (exact) mass is 214 g/mol. The smallest absolute Gasteiger partial charge is 0.186 e. The number of rotatable bonds is 3. The molecule has 0 radical (unpaired) electrons. The van der Waals surface area contributed by atoms with Gasteiger partial charge in [0.25, 0.3) is 0 Å². The fourth-order valence-corrected chi connectivity index (χ4v) is 1.09. The Morgan fingerprint density at radius 2 is 2.29 bits per heavy atom. The second kappa shape index (κ2) is 4.77. The first-order valence-corrected chi connectivity index (χ1v) is 4.27. The molecule has 0 aliphatic rings. The third-order valence-corrected chi connectivity index (χ3v) is 1.78. The predicted molar refractivity (Wildman–Crippen MR) is 52.3 cm³/mol. The molecule has 0 atom stereocenters. The van der Waals surface area contributed by atoms with Gasteiger partial charge in [-0.15, -0.1) is 0 Å². The van der Waals surface area contributed by atoms with E-state index in [1.807, 2.05) is 0 Å². The second-order valence-corrected chi connectivity index (χ2v) is 2.76. The summed E-state index contributed by atoms with van der Waals surface area (Å²) < 4.78 is 17.8. The van der Waals surface area contributed by atoms with Gasteiger partial charge in [-0.3, -0.25) is 4.79 Å². The summed E-state index contributed by atoms with van der Waals surface area (Å²) >= 11 is 5.22. The van der Waals surface area contributed by atoms with Crippen LogP contribution in [0.3, 0.4) is 0 Å². The van der Waals surface area contributed by atoms with Crippen molar-refractivity contribution in [3.63, 3.8) is 0 Å². The van der Waals surface area contributed by atoms with Crippen molar-refractivity contribution >= 4 is 17.4 Å². The Morgan fingerprint density at radius 1 is 1.57 bits per heavy atom. The summed E-state index contributed by atoms with van der Waals surface area (Å²) in [5, 5.41) is 0. The number of halogens is 2. The third kappa shape index (κ3) is 2.33. The molecule has 74 valence electrons. The first-order valence-electron chi connectivity index (χ1n) is 3.83. The summed E-state index contributed by atoms with van der Waals surface area (Å²) in [6.45, 7) is 0. The van der Waals surface area contributed by atoms with Crippen LogP contribution in [0.5, 0.6) is 5.75 Å². The first kappa shape index (κ1) is 10.7. The van der Waals surface area contributed by atoms with Gasteiger partial charge in [0.2, 0.25) is 0 Å². The van der Waals surface area contributed by atoms with Crippen LogP contribution >= 0.6 is 11.6 Å². The molecule has 2 nitrogen and oxygen atoms in total. The molecule has 1 rings (SSSR count). The molecule has 0 N–H and O–H groups in total. The van der Waals surface area contributed by atoms with E-state index in [1.165, 1.54) is 19.2 Å². The number of benzene rings is 1. The maximum Gasteiger partial charge on any atom is 0.186 e. The van der Waals surface area contributed by atoms with Crippen LogP contribution in [0.2, 0.25) is 0 Å². The van der Waals surface area contributed by atoms with Gasteiger partial charge in [-0.25, -0.2) is 4.39 Å². The van der Waals surface area contributed by atoms with Crippen LogP contribution in [0, 0.1) is 5.82 Å². The second-order valence-electron chi connectivity index (χ2n) is 2.51. The minimum absolute atomic E-state index is 0.108. The highest BCUT2D eigenvalue weighted by molar-refractivity contribution is 6.27. The molecule has 14 heavy (non-hydrogen) atoms. The number of hydrogen-bond donors (Lipinski definition) is 0. The number of ether oxygens (including phenoxy) is 1. The first-order chi connectivity index (χ1) is 6.69. The standard InChI is InChI=1S/C10H8ClFO2/c1-14-10-3-2-7(6-8(10)12)9(13)4-5-11/h2-6H,1H3/b5-4+. The van der Waals surface area contributed by atoms with Crippen LogP contribution in [0.15, 0.2) is 29.8 Å². The van der Waals surface area contributed by atoms with Crippen molar-refractivity contribution < 1.29 is 13.9 Å². The molecule has 1 aromatic rings. The van der Waals surface area contributed by atoms with Crippen molar-refractivity contribution in [3.8, 4) is 5.75 Å². The van der Waals surface area contributed by atoms with Gasteiger partial charge >= 0.3 is 0 Å². The van der Waals surface area contributed by atoms with Crippen molar-refractivity contribution in [1.29, 1.82) is 0 Å². The van der Waals surface area contributed by atoms with Crippen LogP contribution in [-0.4, -0.2) is 12.9 Å². The Labute approximate surface area is 85.9 Å². The zero-order valence-electron chi connectivity index (χ0n) is 7.46. The van der Waals surface area contributed by atoms with E-state index in [4.69, 9.17) is 16.3 Å². The Morgan fingerprint density at radius 3 is 2.79 bits per heavy atom. The molecule has 0 saturated carbocycles. The van der Waals surface area contributed by atoms with Crippen molar-refractivity contribution in [2.75, 3.05) is 7.11 Å². The lowest BCUT2D eigenvalue weighted by Crippen LogP contribution is -1.96. The summed E-state index contributed by atoms with van der Waals surface area (Å²) in [6.07, 6.45) is 1.16. The Hall–Kier alpha value is -1.35. The highest BCUT2D eigenvalue weighted by Gasteiger charge is 2.07. The molecule has 0 saturated heterocycles. The summed E-state index contributed by atoms with van der Waals surface area (Å²) in [5.74, 6) is -0.806. The van der Waals surface area contributed by atoms with Gasteiger partial charge in [-0.1, -0.05) is 11.6 Å². The number of methoxy groups -OCH3 is 1. The van der Waals surface area contributed by atoms with Gasteiger partial charge in [0.1, 0.15) is 0 Å². The van der Waals surface area contributed by atoms with Gasteiger partial charge in [0.05, 0.1) is 7.11 Å². The minimum atomic E-state index is -0.568. The molecule has 0 spiro atoms. The van der Waals surface area contributed by atoms with E-state index in [0.29, 0.717) is 0 Å². The van der Waals surface area contributed by atoms with Crippen LogP contribution in [0.1, 0.15) is 10.4 Å². The van der Waals surface area contributed by atoms with Gasteiger partial charge in [-0.05, 0) is 24.3 Å². The van der Waals surface area contributed by atoms with Gasteiger partial charge < -0.3 is 4.74 Å². The highest BCUT2D eigenvalue weighted by Crippen LogP contribution is 2.18. The van der Waals surface area contributed by atoms with Crippen LogP contribution < -0.4 is 4.74 Å². The van der Waals surface area contributed by atoms with Gasteiger partial charge in [0, 0.05) is 11.1 Å². The Bertz CT molecular complexity index is 374. The molecule has 1 aromatic carbocycles. The lowest BCUT2D eigenvalue weighted by atomic mass is 10.1. The van der Waals surface area contributed by atoms with Crippen LogP contribution in [0.25, 0.3) is 0 Å². The summed E-state index contributed by atoms with van der Waals surface area (Å²) in [7, 11) is 1.36. The van der Waals surface area contributed by atoms with Gasteiger partial charge in [0.15, 0.2) is 17.3 Å². The maximum absolute atomic E-state index is 13.1. The number of ketones is 1. The minimum Gasteiger partial charge on any atom is -0.494 e. The van der Waals surface area contributed by atoms with E-state index < -0.39 is 5.82 Å². The quantitative estimate of drug-likeness (QED) is 0.571. The number of hydrogen-bond acceptors (Lipinski definition) is 2. The van der Waals surface area contributed by atoms with E-state index >= 15 is 0 Å². The maximum atomic E-state index is 13.1. The number of carbonyl (C=O) groups excluding carboxylic acids is 1. The van der Waals surface area contributed by atoms with Crippen molar-refractivity contribution in [1.82, 2.24) is 0 Å².